The number of carbonyl (C=O) groups is 3. The number of fused-ring (bicyclic) bond motifs is 2. The zero-order chi connectivity index (χ0) is 14.4. The predicted octanol–water partition coefficient (Wildman–Crippen LogP) is 2.23. The van der Waals surface area contributed by atoms with Crippen LogP contribution in [0.5, 0.6) is 5.75 Å². The second-order valence-corrected chi connectivity index (χ2v) is 5.25. The van der Waals surface area contributed by atoms with Crippen LogP contribution < -0.4 is 4.74 Å². The van der Waals surface area contributed by atoms with Gasteiger partial charge in [-0.25, -0.2) is 4.79 Å². The first-order chi connectivity index (χ1) is 9.54. The minimum Gasteiger partial charge on any atom is -0.496 e. The molecule has 0 atom stereocenters. The molecular formula is C14H8O5S. The second kappa shape index (κ2) is 4.28. The van der Waals surface area contributed by atoms with Gasteiger partial charge in [0.05, 0.1) is 17.6 Å². The van der Waals surface area contributed by atoms with Crippen molar-refractivity contribution in [3.05, 3.63) is 50.7 Å². The number of ketones is 2. The van der Waals surface area contributed by atoms with Crippen molar-refractivity contribution in [2.24, 2.45) is 0 Å². The maximum atomic E-state index is 12.5. The van der Waals surface area contributed by atoms with Crippen LogP contribution in [-0.4, -0.2) is 29.8 Å². The number of rotatable bonds is 2. The van der Waals surface area contributed by atoms with E-state index >= 15 is 0 Å². The molecule has 0 radical (unpaired) electrons. The van der Waals surface area contributed by atoms with Gasteiger partial charge in [0.1, 0.15) is 10.6 Å². The van der Waals surface area contributed by atoms with Gasteiger partial charge >= 0.3 is 5.97 Å². The van der Waals surface area contributed by atoms with E-state index in [1.165, 1.54) is 13.2 Å². The first kappa shape index (κ1) is 12.6. The molecule has 6 heteroatoms. The number of thiophene rings is 1. The van der Waals surface area contributed by atoms with Crippen LogP contribution in [0.3, 0.4) is 0 Å². The molecule has 0 spiro atoms. The van der Waals surface area contributed by atoms with Gasteiger partial charge in [-0.2, -0.15) is 0 Å². The first-order valence-electron chi connectivity index (χ1n) is 5.68. The van der Waals surface area contributed by atoms with Crippen LogP contribution in [0.15, 0.2) is 24.3 Å². The van der Waals surface area contributed by atoms with Crippen molar-refractivity contribution in [2.75, 3.05) is 7.11 Å². The molecule has 1 aliphatic carbocycles. The maximum Gasteiger partial charge on any atom is 0.345 e. The Balaban J connectivity index is 2.28. The molecule has 20 heavy (non-hydrogen) atoms. The molecule has 5 nitrogen and oxygen atoms in total. The predicted molar refractivity (Wildman–Crippen MR) is 71.1 cm³/mol. The lowest BCUT2D eigenvalue weighted by molar-refractivity contribution is 0.0702. The smallest absolute Gasteiger partial charge is 0.345 e. The molecule has 0 fully saturated rings. The van der Waals surface area contributed by atoms with E-state index in [0.717, 1.165) is 11.3 Å². The Morgan fingerprint density at radius 3 is 2.60 bits per heavy atom. The van der Waals surface area contributed by atoms with Gasteiger partial charge in [0, 0.05) is 11.1 Å². The topological polar surface area (TPSA) is 80.7 Å². The molecule has 1 heterocycles. The van der Waals surface area contributed by atoms with Crippen molar-refractivity contribution in [1.82, 2.24) is 0 Å². The van der Waals surface area contributed by atoms with Crippen molar-refractivity contribution in [2.45, 2.75) is 0 Å². The summed E-state index contributed by atoms with van der Waals surface area (Å²) in [6.07, 6.45) is 0. The summed E-state index contributed by atoms with van der Waals surface area (Å²) in [5, 5.41) is 8.99. The number of methoxy groups -OCH3 is 1. The highest BCUT2D eigenvalue weighted by atomic mass is 32.1. The van der Waals surface area contributed by atoms with Crippen molar-refractivity contribution >= 4 is 28.9 Å². The van der Waals surface area contributed by atoms with Crippen LogP contribution in [0.2, 0.25) is 0 Å². The molecule has 1 aliphatic rings. The number of carbonyl (C=O) groups excluding carboxylic acids is 2. The van der Waals surface area contributed by atoms with Gasteiger partial charge < -0.3 is 9.84 Å². The Hall–Kier alpha value is -2.47. The van der Waals surface area contributed by atoms with Gasteiger partial charge in [0.2, 0.25) is 5.78 Å². The molecule has 100 valence electrons. The second-order valence-electron chi connectivity index (χ2n) is 4.20. The number of hydrogen-bond donors (Lipinski definition) is 1. The summed E-state index contributed by atoms with van der Waals surface area (Å²) in [5.74, 6) is -1.56. The SMILES string of the molecule is COc1cccc2c1C(=O)c1sc(C(=O)O)cc1C2=O. The number of carboxylic acids is 1. The van der Waals surface area contributed by atoms with Crippen LogP contribution in [0, 0.1) is 0 Å². The van der Waals surface area contributed by atoms with Gasteiger partial charge in [0.15, 0.2) is 5.78 Å². The molecule has 0 saturated carbocycles. The van der Waals surface area contributed by atoms with Gasteiger partial charge in [-0.1, -0.05) is 12.1 Å². The minimum absolute atomic E-state index is 0.0246. The summed E-state index contributed by atoms with van der Waals surface area (Å²) in [7, 11) is 1.42. The molecule has 1 aromatic heterocycles. The average Bonchev–Trinajstić information content (AvgIpc) is 2.89. The molecule has 1 aromatic carbocycles. The van der Waals surface area contributed by atoms with E-state index in [4.69, 9.17) is 9.84 Å². The zero-order valence-corrected chi connectivity index (χ0v) is 11.1. The van der Waals surface area contributed by atoms with Gasteiger partial charge in [-0.15, -0.1) is 11.3 Å². The summed E-state index contributed by atoms with van der Waals surface area (Å²) >= 11 is 0.813. The van der Waals surface area contributed by atoms with E-state index in [2.05, 4.69) is 0 Å². The quantitative estimate of drug-likeness (QED) is 0.782. The lowest BCUT2D eigenvalue weighted by atomic mass is 9.88. The summed E-state index contributed by atoms with van der Waals surface area (Å²) in [4.78, 5) is 35.9. The number of carboxylic acid groups (broad SMARTS) is 1. The van der Waals surface area contributed by atoms with Crippen LogP contribution >= 0.6 is 11.3 Å². The Kier molecular flexibility index (Phi) is 2.69. The highest BCUT2D eigenvalue weighted by molar-refractivity contribution is 7.16. The van der Waals surface area contributed by atoms with Gasteiger partial charge in [0.25, 0.3) is 0 Å². The van der Waals surface area contributed by atoms with Crippen LogP contribution in [0.25, 0.3) is 0 Å². The van der Waals surface area contributed by atoms with Crippen LogP contribution in [-0.2, 0) is 0 Å². The fourth-order valence-electron chi connectivity index (χ4n) is 2.22. The van der Waals surface area contributed by atoms with Gasteiger partial charge in [-0.05, 0) is 12.1 Å². The van der Waals surface area contributed by atoms with Crippen molar-refractivity contribution in [3.8, 4) is 5.75 Å². The number of aromatic carboxylic acids is 1. The fraction of sp³-hybridized carbons (Fsp3) is 0.0714. The van der Waals surface area contributed by atoms with Crippen molar-refractivity contribution in [1.29, 1.82) is 0 Å². The van der Waals surface area contributed by atoms with E-state index < -0.39 is 5.97 Å². The zero-order valence-electron chi connectivity index (χ0n) is 10.3. The van der Waals surface area contributed by atoms with E-state index in [1.54, 1.807) is 18.2 Å². The van der Waals surface area contributed by atoms with E-state index in [9.17, 15) is 14.4 Å². The summed E-state index contributed by atoms with van der Waals surface area (Å²) in [5.41, 5.74) is 0.598. The standard InChI is InChI=1S/C14H8O5S/c1-19-8-4-2-3-6-10(8)12(16)13-7(11(6)15)5-9(20-13)14(17)18/h2-5H,1H3,(H,17,18). The van der Waals surface area contributed by atoms with E-state index in [0.29, 0.717) is 5.75 Å². The molecule has 0 bridgehead atoms. The Bertz CT molecular complexity index is 772. The molecular weight excluding hydrogens is 280 g/mol. The largest absolute Gasteiger partial charge is 0.496 e. The average molecular weight is 288 g/mol. The Morgan fingerprint density at radius 2 is 1.95 bits per heavy atom. The summed E-state index contributed by atoms with van der Waals surface area (Å²) in [6, 6.07) is 6.02. The molecule has 2 aromatic rings. The molecule has 0 amide bonds. The lowest BCUT2D eigenvalue weighted by Gasteiger charge is -2.16. The van der Waals surface area contributed by atoms with Gasteiger partial charge in [-0.3, -0.25) is 9.59 Å². The van der Waals surface area contributed by atoms with Crippen LogP contribution in [0.1, 0.15) is 40.8 Å². The third-order valence-electron chi connectivity index (χ3n) is 3.11. The normalized spacial score (nSPS) is 12.8. The number of benzene rings is 1. The van der Waals surface area contributed by atoms with Crippen LogP contribution in [0.4, 0.5) is 0 Å². The Labute approximate surface area is 117 Å². The molecule has 0 aliphatic heterocycles. The third-order valence-corrected chi connectivity index (χ3v) is 4.23. The van der Waals surface area contributed by atoms with Crippen molar-refractivity contribution < 1.29 is 24.2 Å². The summed E-state index contributed by atoms with van der Waals surface area (Å²) < 4.78 is 5.12. The number of hydrogen-bond acceptors (Lipinski definition) is 5. The Morgan fingerprint density at radius 1 is 1.20 bits per heavy atom. The summed E-state index contributed by atoms with van der Waals surface area (Å²) in [6.45, 7) is 0. The molecule has 1 N–H and O–H groups in total. The van der Waals surface area contributed by atoms with E-state index in [-0.39, 0.29) is 38.0 Å². The molecule has 0 unspecified atom stereocenters. The van der Waals surface area contributed by atoms with E-state index in [1.807, 2.05) is 0 Å². The molecule has 0 saturated heterocycles. The highest BCUT2D eigenvalue weighted by Gasteiger charge is 2.35. The first-order valence-corrected chi connectivity index (χ1v) is 6.49. The highest BCUT2D eigenvalue weighted by Crippen LogP contribution is 2.37. The lowest BCUT2D eigenvalue weighted by Crippen LogP contribution is -2.19. The minimum atomic E-state index is -1.15. The third kappa shape index (κ3) is 1.58. The monoisotopic (exact) mass is 288 g/mol. The van der Waals surface area contributed by atoms with Crippen molar-refractivity contribution in [3.63, 3.8) is 0 Å². The maximum absolute atomic E-state index is 12.5. The molecule has 3 rings (SSSR count). The fourth-order valence-corrected chi connectivity index (χ4v) is 3.16. The number of ether oxygens (including phenoxy) is 1.